The minimum absolute atomic E-state index is 0.359. The lowest BCUT2D eigenvalue weighted by Gasteiger charge is -2.41. The fourth-order valence-corrected chi connectivity index (χ4v) is 2.29. The SMILES string of the molecule is CC1=CC2C(=CO1)C(O)C(C)(O)C(=O)C2C=O. The Bertz CT molecular complexity index is 432. The highest BCUT2D eigenvalue weighted by molar-refractivity contribution is 6.01. The number of carbonyl (C=O) groups excluding carboxylic acids is 2. The van der Waals surface area contributed by atoms with Crippen LogP contribution in [0.4, 0.5) is 0 Å². The Kier molecular flexibility index (Phi) is 2.67. The smallest absolute Gasteiger partial charge is 0.178 e. The Morgan fingerprint density at radius 2 is 2.18 bits per heavy atom. The molecule has 0 radical (unpaired) electrons. The first kappa shape index (κ1) is 12.0. The molecule has 0 aromatic rings. The average molecular weight is 238 g/mol. The molecule has 2 N–H and O–H groups in total. The van der Waals surface area contributed by atoms with Gasteiger partial charge in [-0.25, -0.2) is 0 Å². The van der Waals surface area contributed by atoms with Crippen molar-refractivity contribution >= 4 is 12.1 Å². The summed E-state index contributed by atoms with van der Waals surface area (Å²) in [6, 6.07) is 0. The molecule has 0 aromatic heterocycles. The molecule has 4 atom stereocenters. The van der Waals surface area contributed by atoms with Crippen molar-refractivity contribution in [1.82, 2.24) is 0 Å². The molecule has 92 valence electrons. The molecule has 0 aromatic carbocycles. The first-order valence-electron chi connectivity index (χ1n) is 5.34. The topological polar surface area (TPSA) is 83.8 Å². The number of Topliss-reactive ketones (excluding diaryl/α,β-unsaturated/α-hetero) is 1. The van der Waals surface area contributed by atoms with E-state index in [-0.39, 0.29) is 0 Å². The van der Waals surface area contributed by atoms with Crippen LogP contribution in [0.25, 0.3) is 0 Å². The highest BCUT2D eigenvalue weighted by Gasteiger charge is 2.53. The van der Waals surface area contributed by atoms with Gasteiger partial charge in [0.25, 0.3) is 0 Å². The Morgan fingerprint density at radius 1 is 1.53 bits per heavy atom. The number of hydrogen-bond acceptors (Lipinski definition) is 5. The van der Waals surface area contributed by atoms with Crippen molar-refractivity contribution in [2.24, 2.45) is 11.8 Å². The Hall–Kier alpha value is -1.46. The number of allylic oxidation sites excluding steroid dienone is 2. The van der Waals surface area contributed by atoms with Crippen LogP contribution < -0.4 is 0 Å². The zero-order chi connectivity index (χ0) is 12.8. The molecule has 1 aliphatic heterocycles. The van der Waals surface area contributed by atoms with Gasteiger partial charge < -0.3 is 19.7 Å². The summed E-state index contributed by atoms with van der Waals surface area (Å²) in [6.45, 7) is 2.90. The van der Waals surface area contributed by atoms with E-state index in [0.29, 0.717) is 17.6 Å². The summed E-state index contributed by atoms with van der Waals surface area (Å²) in [5.74, 6) is -1.59. The van der Waals surface area contributed by atoms with E-state index in [0.717, 1.165) is 0 Å². The second-order valence-electron chi connectivity index (χ2n) is 4.61. The molecule has 1 aliphatic carbocycles. The molecule has 0 amide bonds. The van der Waals surface area contributed by atoms with Crippen molar-refractivity contribution in [3.8, 4) is 0 Å². The molecule has 1 fully saturated rings. The van der Waals surface area contributed by atoms with Gasteiger partial charge in [-0.1, -0.05) is 0 Å². The van der Waals surface area contributed by atoms with Gasteiger partial charge in [0, 0.05) is 11.5 Å². The summed E-state index contributed by atoms with van der Waals surface area (Å²) in [6.07, 6.45) is 2.09. The summed E-state index contributed by atoms with van der Waals surface area (Å²) >= 11 is 0. The van der Waals surface area contributed by atoms with Gasteiger partial charge in [-0.15, -0.1) is 0 Å². The lowest BCUT2D eigenvalue weighted by molar-refractivity contribution is -0.156. The van der Waals surface area contributed by atoms with Crippen molar-refractivity contribution in [3.63, 3.8) is 0 Å². The van der Waals surface area contributed by atoms with Gasteiger partial charge in [-0.2, -0.15) is 0 Å². The van der Waals surface area contributed by atoms with E-state index < -0.39 is 29.3 Å². The zero-order valence-electron chi connectivity index (χ0n) is 9.58. The van der Waals surface area contributed by atoms with Crippen molar-refractivity contribution in [3.05, 3.63) is 23.7 Å². The maximum Gasteiger partial charge on any atom is 0.178 e. The van der Waals surface area contributed by atoms with Crippen LogP contribution in [0.1, 0.15) is 13.8 Å². The van der Waals surface area contributed by atoms with E-state index in [9.17, 15) is 19.8 Å². The number of carbonyl (C=O) groups is 2. The van der Waals surface area contributed by atoms with Crippen molar-refractivity contribution < 1.29 is 24.5 Å². The number of aldehydes is 1. The third-order valence-electron chi connectivity index (χ3n) is 3.36. The molecule has 2 aliphatic rings. The summed E-state index contributed by atoms with van der Waals surface area (Å²) < 4.78 is 5.14. The third-order valence-corrected chi connectivity index (χ3v) is 3.36. The van der Waals surface area contributed by atoms with Gasteiger partial charge in [0.15, 0.2) is 11.4 Å². The maximum absolute atomic E-state index is 11.9. The number of fused-ring (bicyclic) bond motifs is 1. The molecule has 5 heteroatoms. The Morgan fingerprint density at radius 3 is 2.76 bits per heavy atom. The standard InChI is InChI=1S/C12H14O5/c1-6-3-7-8(4-13)10(14)12(2,16)11(15)9(7)5-17-6/h3-5,7-8,11,15-16H,1-2H3. The number of ether oxygens (including phenoxy) is 1. The summed E-state index contributed by atoms with van der Waals surface area (Å²) in [5, 5.41) is 19.9. The molecule has 0 spiro atoms. The van der Waals surface area contributed by atoms with E-state index in [2.05, 4.69) is 0 Å². The van der Waals surface area contributed by atoms with E-state index in [1.165, 1.54) is 13.2 Å². The normalized spacial score (nSPS) is 40.9. The summed E-state index contributed by atoms with van der Waals surface area (Å²) in [4.78, 5) is 22.9. The lowest BCUT2D eigenvalue weighted by Crippen LogP contribution is -2.58. The molecule has 1 heterocycles. The highest BCUT2D eigenvalue weighted by atomic mass is 16.5. The molecule has 0 saturated heterocycles. The third kappa shape index (κ3) is 1.62. The minimum Gasteiger partial charge on any atom is -0.470 e. The van der Waals surface area contributed by atoms with Crippen LogP contribution in [0.5, 0.6) is 0 Å². The zero-order valence-corrected chi connectivity index (χ0v) is 9.58. The van der Waals surface area contributed by atoms with Crippen molar-refractivity contribution in [2.75, 3.05) is 0 Å². The van der Waals surface area contributed by atoms with Gasteiger partial charge in [0.2, 0.25) is 0 Å². The lowest BCUT2D eigenvalue weighted by atomic mass is 9.67. The number of ketones is 1. The molecule has 0 bridgehead atoms. The minimum atomic E-state index is -1.95. The van der Waals surface area contributed by atoms with Gasteiger partial charge in [-0.05, 0) is 19.9 Å². The number of hydrogen-bond donors (Lipinski definition) is 2. The number of rotatable bonds is 1. The number of aliphatic hydroxyl groups excluding tert-OH is 1. The monoisotopic (exact) mass is 238 g/mol. The van der Waals surface area contributed by atoms with Gasteiger partial charge in [0.1, 0.15) is 12.4 Å². The molecular formula is C12H14O5. The van der Waals surface area contributed by atoms with Crippen LogP contribution in [-0.2, 0) is 14.3 Å². The van der Waals surface area contributed by atoms with Crippen LogP contribution in [0.2, 0.25) is 0 Å². The van der Waals surface area contributed by atoms with E-state index in [1.807, 2.05) is 0 Å². The first-order chi connectivity index (χ1) is 7.89. The van der Waals surface area contributed by atoms with Crippen molar-refractivity contribution in [1.29, 1.82) is 0 Å². The maximum atomic E-state index is 11.9. The second kappa shape index (κ2) is 3.78. The molecule has 1 saturated carbocycles. The largest absolute Gasteiger partial charge is 0.470 e. The molecule has 2 rings (SSSR count). The predicted octanol–water partition coefficient (Wildman–Crippen LogP) is -0.0698. The van der Waals surface area contributed by atoms with Crippen LogP contribution >= 0.6 is 0 Å². The van der Waals surface area contributed by atoms with Crippen LogP contribution in [0.15, 0.2) is 23.7 Å². The van der Waals surface area contributed by atoms with Crippen molar-refractivity contribution in [2.45, 2.75) is 25.6 Å². The van der Waals surface area contributed by atoms with Crippen LogP contribution in [0.3, 0.4) is 0 Å². The molecular weight excluding hydrogens is 224 g/mol. The van der Waals surface area contributed by atoms with Gasteiger partial charge >= 0.3 is 0 Å². The summed E-state index contributed by atoms with van der Waals surface area (Å²) in [7, 11) is 0. The van der Waals surface area contributed by atoms with Gasteiger partial charge in [-0.3, -0.25) is 4.79 Å². The highest BCUT2D eigenvalue weighted by Crippen LogP contribution is 2.40. The van der Waals surface area contributed by atoms with E-state index in [4.69, 9.17) is 4.74 Å². The Labute approximate surface area is 98.4 Å². The van der Waals surface area contributed by atoms with Crippen LogP contribution in [0, 0.1) is 11.8 Å². The predicted molar refractivity (Wildman–Crippen MR) is 57.6 cm³/mol. The van der Waals surface area contributed by atoms with Crippen LogP contribution in [-0.4, -0.2) is 34.0 Å². The fraction of sp³-hybridized carbons (Fsp3) is 0.500. The summed E-state index contributed by atoms with van der Waals surface area (Å²) in [5.41, 5.74) is -1.59. The average Bonchev–Trinajstić information content (AvgIpc) is 2.28. The molecule has 4 unspecified atom stereocenters. The quantitative estimate of drug-likeness (QED) is 0.493. The Balaban J connectivity index is 2.49. The van der Waals surface area contributed by atoms with E-state index >= 15 is 0 Å². The second-order valence-corrected chi connectivity index (χ2v) is 4.61. The van der Waals surface area contributed by atoms with Gasteiger partial charge in [0.05, 0.1) is 17.9 Å². The fourth-order valence-electron chi connectivity index (χ4n) is 2.29. The molecule has 17 heavy (non-hydrogen) atoms. The number of aliphatic hydroxyl groups is 2. The van der Waals surface area contributed by atoms with E-state index in [1.54, 1.807) is 13.0 Å². The molecule has 5 nitrogen and oxygen atoms in total. The first-order valence-corrected chi connectivity index (χ1v) is 5.34.